The van der Waals surface area contributed by atoms with E-state index in [-0.39, 0.29) is 41.2 Å². The average Bonchev–Trinajstić information content (AvgIpc) is 3.63. The lowest BCUT2D eigenvalue weighted by molar-refractivity contribution is -0.385. The summed E-state index contributed by atoms with van der Waals surface area (Å²) in [6.07, 6.45) is 7.52. The summed E-state index contributed by atoms with van der Waals surface area (Å²) >= 11 is 0. The molecule has 2 bridgehead atoms. The summed E-state index contributed by atoms with van der Waals surface area (Å²) in [5, 5.41) is 13.6. The molecule has 43 heavy (non-hydrogen) atoms. The lowest BCUT2D eigenvalue weighted by atomic mass is 9.95. The Morgan fingerprint density at radius 1 is 1.19 bits per heavy atom. The minimum Gasteiger partial charge on any atom is -0.497 e. The highest BCUT2D eigenvalue weighted by molar-refractivity contribution is 5.98. The van der Waals surface area contributed by atoms with Crippen LogP contribution in [0.25, 0.3) is 10.9 Å². The number of rotatable bonds is 9. The minimum absolute atomic E-state index is 0.00638. The maximum atomic E-state index is 14.5. The van der Waals surface area contributed by atoms with Crippen LogP contribution in [0.2, 0.25) is 0 Å². The van der Waals surface area contributed by atoms with E-state index >= 15 is 0 Å². The zero-order valence-corrected chi connectivity index (χ0v) is 24.8. The Kier molecular flexibility index (Phi) is 7.33. The number of hydrogen-bond acceptors (Lipinski definition) is 9. The van der Waals surface area contributed by atoms with Gasteiger partial charge in [0.2, 0.25) is 0 Å². The molecular formula is C32H39FN6O4. The van der Waals surface area contributed by atoms with E-state index in [2.05, 4.69) is 43.7 Å². The predicted octanol–water partition coefficient (Wildman–Crippen LogP) is 5.13. The van der Waals surface area contributed by atoms with E-state index in [1.807, 2.05) is 18.2 Å². The van der Waals surface area contributed by atoms with Gasteiger partial charge in [-0.3, -0.25) is 24.9 Å². The summed E-state index contributed by atoms with van der Waals surface area (Å²) in [4.78, 5) is 28.5. The fourth-order valence-electron chi connectivity index (χ4n) is 8.36. The van der Waals surface area contributed by atoms with E-state index in [0.717, 1.165) is 50.9 Å². The van der Waals surface area contributed by atoms with Crippen molar-refractivity contribution in [1.82, 2.24) is 19.8 Å². The number of alkyl halides is 1. The number of nitro groups is 1. The molecule has 0 amide bonds. The Morgan fingerprint density at radius 3 is 2.79 bits per heavy atom. The van der Waals surface area contributed by atoms with Crippen molar-refractivity contribution in [3.63, 3.8) is 0 Å². The standard InChI is InChI=1S/C32H39FN6O4/c1-3-27-28-10-7-23(37(28)17-21-5-8-24(42-2)9-6-21)19-38(27)29-25-11-13-34-16-26(25)35-31(30(29)39(40)41)43-20-32-12-4-14-36(32)18-22(33)15-32/h5-6,8-9,11,13,16,22-23,27-28H,3-4,7,10,12,14-15,17-20H2,1-2H3/t22-,23?,27?,28?,32+/m1/s1. The first kappa shape index (κ1) is 28.2. The van der Waals surface area contributed by atoms with Crippen LogP contribution in [0, 0.1) is 10.1 Å². The first-order chi connectivity index (χ1) is 20.9. The number of nitrogens with zero attached hydrogens (tertiary/aromatic N) is 6. The van der Waals surface area contributed by atoms with Crippen LogP contribution >= 0.6 is 0 Å². The van der Waals surface area contributed by atoms with E-state index in [9.17, 15) is 14.5 Å². The Morgan fingerprint density at radius 2 is 2.02 bits per heavy atom. The number of pyridine rings is 2. The molecule has 4 aliphatic rings. The van der Waals surface area contributed by atoms with Gasteiger partial charge in [-0.15, -0.1) is 0 Å². The van der Waals surface area contributed by atoms with Gasteiger partial charge in [0.05, 0.1) is 29.3 Å². The van der Waals surface area contributed by atoms with Crippen molar-refractivity contribution >= 4 is 22.3 Å². The van der Waals surface area contributed by atoms with Crippen LogP contribution in [-0.2, 0) is 6.54 Å². The monoisotopic (exact) mass is 590 g/mol. The highest BCUT2D eigenvalue weighted by Crippen LogP contribution is 2.48. The van der Waals surface area contributed by atoms with Gasteiger partial charge in [0.15, 0.2) is 0 Å². The van der Waals surface area contributed by atoms with Crippen molar-refractivity contribution in [1.29, 1.82) is 0 Å². The van der Waals surface area contributed by atoms with Crippen LogP contribution in [0.15, 0.2) is 42.7 Å². The van der Waals surface area contributed by atoms with Gasteiger partial charge in [-0.05, 0) is 62.4 Å². The minimum atomic E-state index is -0.904. The summed E-state index contributed by atoms with van der Waals surface area (Å²) in [6.45, 7) is 5.08. The second-order valence-electron chi connectivity index (χ2n) is 12.6. The Bertz CT molecular complexity index is 1510. The molecule has 4 fully saturated rings. The zero-order chi connectivity index (χ0) is 29.7. The van der Waals surface area contributed by atoms with E-state index in [0.29, 0.717) is 36.1 Å². The molecule has 4 aliphatic heterocycles. The van der Waals surface area contributed by atoms with E-state index in [1.165, 1.54) is 5.56 Å². The normalized spacial score (nSPS) is 28.9. The summed E-state index contributed by atoms with van der Waals surface area (Å²) in [5.41, 5.74) is 1.83. The van der Waals surface area contributed by atoms with Gasteiger partial charge in [0, 0.05) is 55.8 Å². The number of ether oxygens (including phenoxy) is 2. The molecule has 2 aromatic heterocycles. The first-order valence-electron chi connectivity index (χ1n) is 15.5. The number of piperazine rings is 1. The molecule has 7 rings (SSSR count). The highest BCUT2D eigenvalue weighted by atomic mass is 19.1. The molecule has 0 N–H and O–H groups in total. The molecule has 228 valence electrons. The summed E-state index contributed by atoms with van der Waals surface area (Å²) in [6, 6.07) is 10.6. The molecule has 0 aliphatic carbocycles. The largest absolute Gasteiger partial charge is 0.497 e. The van der Waals surface area contributed by atoms with Gasteiger partial charge >= 0.3 is 5.69 Å². The highest BCUT2D eigenvalue weighted by Gasteiger charge is 2.51. The summed E-state index contributed by atoms with van der Waals surface area (Å²) in [7, 11) is 1.67. The van der Waals surface area contributed by atoms with Crippen molar-refractivity contribution in [2.45, 2.75) is 81.8 Å². The maximum Gasteiger partial charge on any atom is 0.354 e. The molecule has 0 saturated carbocycles. The van der Waals surface area contributed by atoms with Crippen molar-refractivity contribution in [3.05, 3.63) is 58.4 Å². The van der Waals surface area contributed by atoms with E-state index in [1.54, 1.807) is 19.5 Å². The summed E-state index contributed by atoms with van der Waals surface area (Å²) in [5.74, 6) is 0.844. The SMILES string of the molecule is CCC1C2CCC(CN1c1c([N+](=O)[O-])c(OC[C@@]34CCCN3C[C@H](F)C4)nc3cnccc13)N2Cc1ccc(OC)cc1. The Balaban J connectivity index is 1.25. The third-order valence-corrected chi connectivity index (χ3v) is 10.3. The number of halogens is 1. The average molecular weight is 591 g/mol. The molecular weight excluding hydrogens is 551 g/mol. The number of hydrogen-bond donors (Lipinski definition) is 0. The molecule has 6 heterocycles. The second kappa shape index (κ2) is 11.2. The van der Waals surface area contributed by atoms with Crippen molar-refractivity contribution in [3.8, 4) is 11.6 Å². The van der Waals surface area contributed by atoms with Gasteiger partial charge < -0.3 is 14.4 Å². The van der Waals surface area contributed by atoms with Gasteiger partial charge in [-0.2, -0.15) is 0 Å². The number of aromatic nitrogens is 2. The predicted molar refractivity (Wildman–Crippen MR) is 162 cm³/mol. The molecule has 0 spiro atoms. The quantitative estimate of drug-likeness (QED) is 0.248. The molecule has 3 aromatic rings. The third-order valence-electron chi connectivity index (χ3n) is 10.3. The molecule has 0 radical (unpaired) electrons. The number of fused-ring (bicyclic) bond motifs is 4. The molecule has 4 saturated heterocycles. The number of anilines is 1. The van der Waals surface area contributed by atoms with Crippen molar-refractivity contribution in [2.75, 3.05) is 38.3 Å². The smallest absolute Gasteiger partial charge is 0.354 e. The maximum absolute atomic E-state index is 14.5. The lowest BCUT2D eigenvalue weighted by Crippen LogP contribution is -2.59. The molecule has 5 atom stereocenters. The van der Waals surface area contributed by atoms with Crippen LogP contribution < -0.4 is 14.4 Å². The van der Waals surface area contributed by atoms with Gasteiger partial charge in [-0.1, -0.05) is 19.1 Å². The van der Waals surface area contributed by atoms with Crippen LogP contribution in [0.4, 0.5) is 15.8 Å². The lowest BCUT2D eigenvalue weighted by Gasteiger charge is -2.48. The Labute approximate surface area is 250 Å². The molecule has 1 aromatic carbocycles. The number of methoxy groups -OCH3 is 1. The van der Waals surface area contributed by atoms with Gasteiger partial charge in [0.25, 0.3) is 5.88 Å². The van der Waals surface area contributed by atoms with E-state index in [4.69, 9.17) is 9.47 Å². The van der Waals surface area contributed by atoms with Gasteiger partial charge in [0.1, 0.15) is 24.2 Å². The fourth-order valence-corrected chi connectivity index (χ4v) is 8.36. The van der Waals surface area contributed by atoms with Crippen molar-refractivity contribution in [2.24, 2.45) is 0 Å². The van der Waals surface area contributed by atoms with Crippen LogP contribution in [0.5, 0.6) is 11.6 Å². The van der Waals surface area contributed by atoms with E-state index < -0.39 is 11.7 Å². The van der Waals surface area contributed by atoms with Crippen LogP contribution in [0.3, 0.4) is 0 Å². The molecule has 10 nitrogen and oxygen atoms in total. The van der Waals surface area contributed by atoms with Crippen LogP contribution in [-0.4, -0.2) is 87.9 Å². The third kappa shape index (κ3) is 4.86. The second-order valence-corrected chi connectivity index (χ2v) is 12.6. The zero-order valence-electron chi connectivity index (χ0n) is 24.8. The number of benzene rings is 1. The first-order valence-corrected chi connectivity index (χ1v) is 15.5. The molecule has 11 heteroatoms. The Hall–Kier alpha value is -3.57. The van der Waals surface area contributed by atoms with Crippen molar-refractivity contribution < 1.29 is 18.8 Å². The molecule has 3 unspecified atom stereocenters. The summed E-state index contributed by atoms with van der Waals surface area (Å²) < 4.78 is 26.1. The van der Waals surface area contributed by atoms with Gasteiger partial charge in [-0.25, -0.2) is 9.37 Å². The topological polar surface area (TPSA) is 97.1 Å². The van der Waals surface area contributed by atoms with Crippen LogP contribution in [0.1, 0.15) is 51.0 Å². The fraction of sp³-hybridized carbons (Fsp3) is 0.562.